The molecule has 3 aromatic carbocycles. The molecule has 9 heteroatoms. The molecule has 4 rings (SSSR count). The van der Waals surface area contributed by atoms with Gasteiger partial charge in [0.25, 0.3) is 11.8 Å². The highest BCUT2D eigenvalue weighted by Gasteiger charge is 2.35. The number of hydrogen-bond donors (Lipinski definition) is 1. The molecule has 0 aliphatic carbocycles. The monoisotopic (exact) mass is 540 g/mol. The average molecular weight is 541 g/mol. The molecule has 0 spiro atoms. The summed E-state index contributed by atoms with van der Waals surface area (Å²) in [6.45, 7) is 4.01. The van der Waals surface area contributed by atoms with E-state index >= 15 is 0 Å². The number of nitrogens with zero attached hydrogens (tertiary/aromatic N) is 1. The third kappa shape index (κ3) is 5.49. The lowest BCUT2D eigenvalue weighted by atomic mass is 10.0. The Morgan fingerprint density at radius 3 is 2.56 bits per heavy atom. The van der Waals surface area contributed by atoms with Crippen molar-refractivity contribution in [3.63, 3.8) is 0 Å². The Balaban J connectivity index is 1.63. The van der Waals surface area contributed by atoms with Gasteiger partial charge in [-0.2, -0.15) is 0 Å². The number of hydrogen-bond acceptors (Lipinski definition) is 4. The molecule has 0 atom stereocenters. The predicted molar refractivity (Wildman–Crippen MR) is 144 cm³/mol. The number of halogens is 3. The largest absolute Gasteiger partial charge is 0.489 e. The van der Waals surface area contributed by atoms with E-state index in [2.05, 4.69) is 11.9 Å². The van der Waals surface area contributed by atoms with E-state index in [4.69, 9.17) is 40.2 Å². The van der Waals surface area contributed by atoms with Crippen molar-refractivity contribution in [1.29, 1.82) is 0 Å². The van der Waals surface area contributed by atoms with E-state index < -0.39 is 17.6 Å². The van der Waals surface area contributed by atoms with Gasteiger partial charge in [-0.15, -0.1) is 6.58 Å². The van der Waals surface area contributed by atoms with Crippen LogP contribution in [0.25, 0.3) is 6.08 Å². The van der Waals surface area contributed by atoms with Gasteiger partial charge in [-0.3, -0.25) is 14.9 Å². The summed E-state index contributed by atoms with van der Waals surface area (Å²) >= 11 is 17.3. The number of ether oxygens (including phenoxy) is 1. The van der Waals surface area contributed by atoms with Crippen LogP contribution in [0.1, 0.15) is 16.7 Å². The molecule has 0 aromatic heterocycles. The molecule has 1 saturated heterocycles. The van der Waals surface area contributed by atoms with Crippen LogP contribution in [0.5, 0.6) is 5.75 Å². The third-order valence-electron chi connectivity index (χ3n) is 5.35. The number of para-hydroxylation sites is 1. The number of nitrogens with one attached hydrogen (secondary N) is 1. The molecule has 0 unspecified atom stereocenters. The number of rotatable bonds is 7. The molecule has 0 bridgehead atoms. The second-order valence-corrected chi connectivity index (χ2v) is 9.02. The van der Waals surface area contributed by atoms with Crippen LogP contribution in [-0.2, 0) is 22.6 Å². The highest BCUT2D eigenvalue weighted by Crippen LogP contribution is 2.28. The zero-order valence-corrected chi connectivity index (χ0v) is 21.1. The molecule has 0 saturated carbocycles. The van der Waals surface area contributed by atoms with Crippen LogP contribution in [0, 0.1) is 5.82 Å². The number of amides is 2. The van der Waals surface area contributed by atoms with Gasteiger partial charge in [0.2, 0.25) is 0 Å². The summed E-state index contributed by atoms with van der Waals surface area (Å²) in [5.74, 6) is -1.44. The Kier molecular flexibility index (Phi) is 7.84. The first-order valence-electron chi connectivity index (χ1n) is 10.7. The third-order valence-corrected chi connectivity index (χ3v) is 6.22. The maximum atomic E-state index is 14.4. The van der Waals surface area contributed by atoms with Crippen molar-refractivity contribution in [3.8, 4) is 5.75 Å². The number of carbonyl (C=O) groups excluding carboxylic acids is 2. The van der Waals surface area contributed by atoms with E-state index in [1.165, 1.54) is 24.3 Å². The van der Waals surface area contributed by atoms with E-state index in [0.29, 0.717) is 27.8 Å². The Morgan fingerprint density at radius 2 is 1.83 bits per heavy atom. The number of anilines is 1. The number of allylic oxidation sites excluding steroid dienone is 1. The van der Waals surface area contributed by atoms with Crippen molar-refractivity contribution in [3.05, 3.63) is 111 Å². The van der Waals surface area contributed by atoms with E-state index in [-0.39, 0.29) is 23.0 Å². The summed E-state index contributed by atoms with van der Waals surface area (Å²) in [6.07, 6.45) is 3.62. The Morgan fingerprint density at radius 1 is 1.06 bits per heavy atom. The fourth-order valence-corrected chi connectivity index (χ4v) is 4.35. The SMILES string of the molecule is C=CCc1cc(/C=C2\C(=O)NC(=S)N(c3ccccc3F)C2=O)ccc1OCc1ccc(Cl)cc1Cl. The van der Waals surface area contributed by atoms with Gasteiger partial charge >= 0.3 is 0 Å². The molecule has 1 aliphatic rings. The van der Waals surface area contributed by atoms with Crippen LogP contribution >= 0.6 is 35.4 Å². The van der Waals surface area contributed by atoms with Crippen molar-refractivity contribution in [1.82, 2.24) is 5.32 Å². The minimum atomic E-state index is -0.725. The Bertz CT molecular complexity index is 1420. The zero-order valence-electron chi connectivity index (χ0n) is 18.8. The van der Waals surface area contributed by atoms with Crippen molar-refractivity contribution in [2.24, 2.45) is 0 Å². The number of carbonyl (C=O) groups is 2. The molecule has 1 fully saturated rings. The van der Waals surface area contributed by atoms with Crippen LogP contribution in [0.3, 0.4) is 0 Å². The van der Waals surface area contributed by atoms with E-state index in [1.807, 2.05) is 0 Å². The number of thiocarbonyl (C=S) groups is 1. The average Bonchev–Trinajstić information content (AvgIpc) is 2.83. The zero-order chi connectivity index (χ0) is 25.8. The molecule has 0 radical (unpaired) electrons. The molecular formula is C27H19Cl2FN2O3S. The first-order valence-corrected chi connectivity index (χ1v) is 11.9. The maximum Gasteiger partial charge on any atom is 0.270 e. The summed E-state index contributed by atoms with van der Waals surface area (Å²) in [6, 6.07) is 16.1. The molecule has 182 valence electrons. The summed E-state index contributed by atoms with van der Waals surface area (Å²) in [5.41, 5.74) is 1.90. The summed E-state index contributed by atoms with van der Waals surface area (Å²) in [4.78, 5) is 26.7. The van der Waals surface area contributed by atoms with Crippen molar-refractivity contribution >= 4 is 64.1 Å². The highest BCUT2D eigenvalue weighted by molar-refractivity contribution is 7.80. The molecule has 1 heterocycles. The maximum absolute atomic E-state index is 14.4. The molecule has 2 amide bonds. The fourth-order valence-electron chi connectivity index (χ4n) is 3.62. The van der Waals surface area contributed by atoms with E-state index in [9.17, 15) is 14.0 Å². The quantitative estimate of drug-likeness (QED) is 0.166. The van der Waals surface area contributed by atoms with Crippen LogP contribution in [-0.4, -0.2) is 16.9 Å². The fraction of sp³-hybridized carbons (Fsp3) is 0.0741. The molecule has 1 aliphatic heterocycles. The minimum absolute atomic E-state index is 0.0460. The molecule has 1 N–H and O–H groups in total. The van der Waals surface area contributed by atoms with Crippen molar-refractivity contribution in [2.45, 2.75) is 13.0 Å². The normalized spacial score (nSPS) is 14.7. The second kappa shape index (κ2) is 11.0. The molecule has 5 nitrogen and oxygen atoms in total. The second-order valence-electron chi connectivity index (χ2n) is 7.79. The standard InChI is InChI=1S/C27H19Cl2FN2O3S/c1-2-5-17-12-16(8-11-24(17)35-15-18-9-10-19(28)14-21(18)29)13-20-25(33)31-27(36)32(26(20)34)23-7-4-3-6-22(23)30/h2-4,6-14H,1,5,15H2,(H,31,33,36)/b20-13+. The van der Waals surface area contributed by atoms with Crippen LogP contribution in [0.2, 0.25) is 10.0 Å². The van der Waals surface area contributed by atoms with Crippen molar-refractivity contribution < 1.29 is 18.7 Å². The van der Waals surface area contributed by atoms with Crippen molar-refractivity contribution in [2.75, 3.05) is 4.90 Å². The smallest absolute Gasteiger partial charge is 0.270 e. The van der Waals surface area contributed by atoms with E-state index in [0.717, 1.165) is 16.0 Å². The Hall–Kier alpha value is -3.52. The summed E-state index contributed by atoms with van der Waals surface area (Å²) < 4.78 is 20.3. The summed E-state index contributed by atoms with van der Waals surface area (Å²) in [7, 11) is 0. The minimum Gasteiger partial charge on any atom is -0.489 e. The van der Waals surface area contributed by atoms with Gasteiger partial charge in [0.15, 0.2) is 5.11 Å². The van der Waals surface area contributed by atoms with Gasteiger partial charge in [0.1, 0.15) is 23.7 Å². The lowest BCUT2D eigenvalue weighted by Crippen LogP contribution is -2.54. The first-order chi connectivity index (χ1) is 17.3. The summed E-state index contributed by atoms with van der Waals surface area (Å²) in [5, 5.41) is 3.29. The lowest BCUT2D eigenvalue weighted by Gasteiger charge is -2.29. The van der Waals surface area contributed by atoms with Crippen LogP contribution in [0.4, 0.5) is 10.1 Å². The Labute approximate surface area is 222 Å². The van der Waals surface area contributed by atoms with Gasteiger partial charge in [-0.1, -0.05) is 53.5 Å². The lowest BCUT2D eigenvalue weighted by molar-refractivity contribution is -0.122. The first kappa shape index (κ1) is 25.6. The van der Waals surface area contributed by atoms with Gasteiger partial charge in [-0.25, -0.2) is 9.29 Å². The predicted octanol–water partition coefficient (Wildman–Crippen LogP) is 6.27. The number of benzene rings is 3. The topological polar surface area (TPSA) is 58.6 Å². The molecule has 3 aromatic rings. The van der Waals surface area contributed by atoms with Gasteiger partial charge in [-0.05, 0) is 72.2 Å². The van der Waals surface area contributed by atoms with E-state index in [1.54, 1.807) is 48.5 Å². The van der Waals surface area contributed by atoms with Crippen LogP contribution < -0.4 is 15.0 Å². The molecule has 36 heavy (non-hydrogen) atoms. The van der Waals surface area contributed by atoms with Gasteiger partial charge in [0, 0.05) is 15.6 Å². The highest BCUT2D eigenvalue weighted by atomic mass is 35.5. The van der Waals surface area contributed by atoms with Gasteiger partial charge < -0.3 is 4.74 Å². The van der Waals surface area contributed by atoms with Gasteiger partial charge in [0.05, 0.1) is 5.69 Å². The van der Waals surface area contributed by atoms with Crippen LogP contribution in [0.15, 0.2) is 78.9 Å². The molecular weight excluding hydrogens is 522 g/mol.